The van der Waals surface area contributed by atoms with Gasteiger partial charge in [-0.05, 0) is 56.0 Å². The maximum atomic E-state index is 13.8. The minimum atomic E-state index is -3.83. The first-order valence-electron chi connectivity index (χ1n) is 8.96. The van der Waals surface area contributed by atoms with E-state index in [4.69, 9.17) is 0 Å². The van der Waals surface area contributed by atoms with Crippen LogP contribution in [0.4, 0.5) is 11.4 Å². The first-order chi connectivity index (χ1) is 12.7. The maximum absolute atomic E-state index is 13.8. The topological polar surface area (TPSA) is 57.7 Å². The van der Waals surface area contributed by atoms with Crippen molar-refractivity contribution in [1.29, 1.82) is 0 Å². The van der Waals surface area contributed by atoms with E-state index < -0.39 is 10.0 Å². The van der Waals surface area contributed by atoms with Crippen molar-refractivity contribution in [2.45, 2.75) is 50.6 Å². The summed E-state index contributed by atoms with van der Waals surface area (Å²) in [5.41, 5.74) is 3.15. The third kappa shape index (κ3) is 2.79. The zero-order valence-electron chi connectivity index (χ0n) is 15.4. The van der Waals surface area contributed by atoms with E-state index in [1.54, 1.807) is 11.0 Å². The van der Waals surface area contributed by atoms with Crippen LogP contribution in [0.5, 0.6) is 0 Å². The molecular weight excluding hydrogens is 428 g/mol. The van der Waals surface area contributed by atoms with Crippen LogP contribution in [0.25, 0.3) is 0 Å². The molecule has 7 heteroatoms. The number of fused-ring (bicyclic) bond motifs is 2. The number of nitrogens with zero attached hydrogens (tertiary/aromatic N) is 2. The van der Waals surface area contributed by atoms with Crippen molar-refractivity contribution in [2.75, 3.05) is 9.21 Å². The molecule has 0 radical (unpaired) electrons. The Hall–Kier alpha value is -1.86. The fourth-order valence-electron chi connectivity index (χ4n) is 4.36. The predicted molar refractivity (Wildman–Crippen MR) is 110 cm³/mol. The molecule has 0 fully saturated rings. The molecule has 2 atom stereocenters. The number of carbonyl (C=O) groups is 1. The van der Waals surface area contributed by atoms with Crippen LogP contribution in [0, 0.1) is 0 Å². The van der Waals surface area contributed by atoms with Crippen molar-refractivity contribution in [3.05, 3.63) is 52.0 Å². The molecule has 0 saturated carbocycles. The van der Waals surface area contributed by atoms with E-state index in [-0.39, 0.29) is 22.9 Å². The molecule has 2 unspecified atom stereocenters. The Balaban J connectivity index is 1.94. The van der Waals surface area contributed by atoms with Crippen molar-refractivity contribution in [3.63, 3.8) is 0 Å². The Kier molecular flexibility index (Phi) is 4.35. The summed E-state index contributed by atoms with van der Waals surface area (Å²) in [5, 5.41) is 0. The van der Waals surface area contributed by atoms with Gasteiger partial charge in [-0.3, -0.25) is 9.10 Å². The Bertz CT molecular complexity index is 1050. The fourth-order valence-corrected chi connectivity index (χ4v) is 6.96. The van der Waals surface area contributed by atoms with Crippen LogP contribution in [0.15, 0.2) is 45.8 Å². The molecular formula is C20H21BrN2O3S. The molecule has 27 heavy (non-hydrogen) atoms. The van der Waals surface area contributed by atoms with E-state index in [9.17, 15) is 13.2 Å². The monoisotopic (exact) mass is 448 g/mol. The minimum absolute atomic E-state index is 0.0657. The van der Waals surface area contributed by atoms with Crippen LogP contribution in [0.3, 0.4) is 0 Å². The molecule has 142 valence electrons. The Morgan fingerprint density at radius 3 is 2.44 bits per heavy atom. The third-order valence-corrected chi connectivity index (χ3v) is 7.74. The smallest absolute Gasteiger partial charge is 0.266 e. The summed E-state index contributed by atoms with van der Waals surface area (Å²) in [4.78, 5) is 14.1. The van der Waals surface area contributed by atoms with Crippen molar-refractivity contribution in [1.82, 2.24) is 0 Å². The molecule has 0 saturated heterocycles. The molecule has 0 N–H and O–H groups in total. The molecule has 2 aliphatic heterocycles. The van der Waals surface area contributed by atoms with Crippen LogP contribution in [0.2, 0.25) is 0 Å². The second kappa shape index (κ2) is 6.34. The standard InChI is InChI=1S/C20H21BrN2O3S/c1-12-8-16-10-17(21)11-19(20(16)22(12)14(3)24)27(25,26)23-13(2)9-15-6-4-5-7-18(15)23/h4-7,10-13H,8-9H2,1-3H3. The van der Waals surface area contributed by atoms with Crippen LogP contribution in [-0.4, -0.2) is 26.4 Å². The van der Waals surface area contributed by atoms with Crippen LogP contribution < -0.4 is 9.21 Å². The number of para-hydroxylation sites is 1. The lowest BCUT2D eigenvalue weighted by Crippen LogP contribution is -2.38. The number of benzene rings is 2. The minimum Gasteiger partial charge on any atom is -0.308 e. The molecule has 1 amide bonds. The lowest BCUT2D eigenvalue weighted by molar-refractivity contribution is -0.116. The highest BCUT2D eigenvalue weighted by atomic mass is 79.9. The maximum Gasteiger partial charge on any atom is 0.266 e. The Morgan fingerprint density at radius 2 is 1.74 bits per heavy atom. The first kappa shape index (κ1) is 18.5. The number of anilines is 2. The molecule has 0 aliphatic carbocycles. The SMILES string of the molecule is CC(=O)N1c2c(cc(Br)cc2S(=O)(=O)N2c3ccccc3CC2C)CC1C. The van der Waals surface area contributed by atoms with Crippen molar-refractivity contribution < 1.29 is 13.2 Å². The summed E-state index contributed by atoms with van der Waals surface area (Å²) in [7, 11) is -3.83. The Labute approximate surface area is 168 Å². The first-order valence-corrected chi connectivity index (χ1v) is 11.2. The normalized spacial score (nSPS) is 21.3. The van der Waals surface area contributed by atoms with Crippen molar-refractivity contribution in [3.8, 4) is 0 Å². The summed E-state index contributed by atoms with van der Waals surface area (Å²) in [6.07, 6.45) is 1.32. The summed E-state index contributed by atoms with van der Waals surface area (Å²) in [6.45, 7) is 5.35. The zero-order chi connectivity index (χ0) is 19.5. The van der Waals surface area contributed by atoms with Gasteiger partial charge in [0.15, 0.2) is 0 Å². The van der Waals surface area contributed by atoms with Gasteiger partial charge in [0.25, 0.3) is 10.0 Å². The number of sulfonamides is 1. The second-order valence-corrected chi connectivity index (χ2v) is 10.0. The van der Waals surface area contributed by atoms with E-state index in [1.165, 1.54) is 11.2 Å². The number of hydrogen-bond donors (Lipinski definition) is 0. The van der Waals surface area contributed by atoms with Gasteiger partial charge in [0.2, 0.25) is 5.91 Å². The molecule has 2 heterocycles. The van der Waals surface area contributed by atoms with Crippen molar-refractivity contribution >= 4 is 43.2 Å². The number of carbonyl (C=O) groups excluding carboxylic acids is 1. The molecule has 0 spiro atoms. The molecule has 4 rings (SSSR count). The third-order valence-electron chi connectivity index (χ3n) is 5.34. The molecule has 0 bridgehead atoms. The lowest BCUT2D eigenvalue weighted by atomic mass is 10.1. The highest BCUT2D eigenvalue weighted by Crippen LogP contribution is 2.44. The van der Waals surface area contributed by atoms with E-state index >= 15 is 0 Å². The van der Waals surface area contributed by atoms with E-state index in [1.807, 2.05) is 44.2 Å². The van der Waals surface area contributed by atoms with Crippen LogP contribution >= 0.6 is 15.9 Å². The summed E-state index contributed by atoms with van der Waals surface area (Å²) in [5.74, 6) is -0.144. The van der Waals surface area contributed by atoms with E-state index in [2.05, 4.69) is 15.9 Å². The van der Waals surface area contributed by atoms with Gasteiger partial charge in [-0.25, -0.2) is 8.42 Å². The second-order valence-electron chi connectivity index (χ2n) is 7.34. The van der Waals surface area contributed by atoms with Crippen molar-refractivity contribution in [2.24, 2.45) is 0 Å². The van der Waals surface area contributed by atoms with Gasteiger partial charge < -0.3 is 4.90 Å². The molecule has 0 aromatic heterocycles. The number of halogens is 1. The van der Waals surface area contributed by atoms with Gasteiger partial charge >= 0.3 is 0 Å². The Morgan fingerprint density at radius 1 is 1.07 bits per heavy atom. The quantitative estimate of drug-likeness (QED) is 0.699. The van der Waals surface area contributed by atoms with Gasteiger partial charge in [-0.15, -0.1) is 0 Å². The van der Waals surface area contributed by atoms with Gasteiger partial charge in [0, 0.05) is 23.5 Å². The van der Waals surface area contributed by atoms with Crippen LogP contribution in [-0.2, 0) is 27.7 Å². The summed E-state index contributed by atoms with van der Waals surface area (Å²) in [6, 6.07) is 10.9. The van der Waals surface area contributed by atoms with E-state index in [0.29, 0.717) is 23.0 Å². The van der Waals surface area contributed by atoms with Gasteiger partial charge in [0.05, 0.1) is 11.4 Å². The predicted octanol–water partition coefficient (Wildman–Crippen LogP) is 3.89. The number of amides is 1. The highest BCUT2D eigenvalue weighted by molar-refractivity contribution is 9.10. The highest BCUT2D eigenvalue weighted by Gasteiger charge is 2.41. The molecule has 5 nitrogen and oxygen atoms in total. The molecule has 2 aromatic carbocycles. The average Bonchev–Trinajstić information content (AvgIpc) is 3.09. The molecule has 2 aromatic rings. The number of rotatable bonds is 2. The fraction of sp³-hybridized carbons (Fsp3) is 0.350. The van der Waals surface area contributed by atoms with E-state index in [0.717, 1.165) is 16.8 Å². The van der Waals surface area contributed by atoms with Crippen LogP contribution in [0.1, 0.15) is 31.9 Å². The largest absolute Gasteiger partial charge is 0.308 e. The summed E-state index contributed by atoms with van der Waals surface area (Å²) < 4.78 is 29.7. The average molecular weight is 449 g/mol. The number of hydrogen-bond acceptors (Lipinski definition) is 3. The summed E-state index contributed by atoms with van der Waals surface area (Å²) >= 11 is 3.45. The van der Waals surface area contributed by atoms with Gasteiger partial charge in [-0.2, -0.15) is 0 Å². The molecule has 2 aliphatic rings. The van der Waals surface area contributed by atoms with Gasteiger partial charge in [0.1, 0.15) is 4.90 Å². The zero-order valence-corrected chi connectivity index (χ0v) is 17.8. The van der Waals surface area contributed by atoms with Gasteiger partial charge in [-0.1, -0.05) is 34.1 Å². The lowest BCUT2D eigenvalue weighted by Gasteiger charge is -2.28.